The van der Waals surface area contributed by atoms with Crippen molar-refractivity contribution in [1.29, 1.82) is 0 Å². The van der Waals surface area contributed by atoms with Crippen LogP contribution in [0.25, 0.3) is 11.4 Å². The minimum atomic E-state index is -0.253. The van der Waals surface area contributed by atoms with Crippen LogP contribution in [0.2, 0.25) is 5.02 Å². The Morgan fingerprint density at radius 1 is 1.25 bits per heavy atom. The van der Waals surface area contributed by atoms with Crippen molar-refractivity contribution in [3.05, 3.63) is 65.0 Å². The SMILES string of the molecule is COc1cccc(C(=O)NCc2nc(-c3cccc(Cl)c3)no2)c1. The van der Waals surface area contributed by atoms with Gasteiger partial charge in [0.1, 0.15) is 5.75 Å². The highest BCUT2D eigenvalue weighted by atomic mass is 35.5. The summed E-state index contributed by atoms with van der Waals surface area (Å²) in [5, 5.41) is 7.20. The summed E-state index contributed by atoms with van der Waals surface area (Å²) in [5.74, 6) is 1.09. The first kappa shape index (κ1) is 16.0. The number of nitrogens with one attached hydrogen (secondary N) is 1. The predicted octanol–water partition coefficient (Wildman–Crippen LogP) is 3.33. The minimum Gasteiger partial charge on any atom is -0.497 e. The van der Waals surface area contributed by atoms with Crippen LogP contribution in [-0.2, 0) is 6.54 Å². The van der Waals surface area contributed by atoms with Crippen molar-refractivity contribution in [2.24, 2.45) is 0 Å². The summed E-state index contributed by atoms with van der Waals surface area (Å²) >= 11 is 5.94. The quantitative estimate of drug-likeness (QED) is 0.768. The van der Waals surface area contributed by atoms with Crippen molar-refractivity contribution in [3.63, 3.8) is 0 Å². The van der Waals surface area contributed by atoms with Crippen molar-refractivity contribution < 1.29 is 14.1 Å². The number of nitrogens with zero attached hydrogens (tertiary/aromatic N) is 2. The van der Waals surface area contributed by atoms with Crippen LogP contribution in [-0.4, -0.2) is 23.2 Å². The van der Waals surface area contributed by atoms with E-state index in [2.05, 4.69) is 15.5 Å². The first-order valence-corrected chi connectivity index (χ1v) is 7.54. The van der Waals surface area contributed by atoms with Crippen LogP contribution < -0.4 is 10.1 Å². The van der Waals surface area contributed by atoms with E-state index in [0.717, 1.165) is 5.56 Å². The molecule has 0 fully saturated rings. The highest BCUT2D eigenvalue weighted by molar-refractivity contribution is 6.30. The summed E-state index contributed by atoms with van der Waals surface area (Å²) in [4.78, 5) is 16.4. The largest absolute Gasteiger partial charge is 0.497 e. The summed E-state index contributed by atoms with van der Waals surface area (Å²) in [6.45, 7) is 0.129. The van der Waals surface area contributed by atoms with Gasteiger partial charge < -0.3 is 14.6 Å². The van der Waals surface area contributed by atoms with E-state index in [1.165, 1.54) is 0 Å². The molecule has 2 aromatic carbocycles. The van der Waals surface area contributed by atoms with Gasteiger partial charge in [-0.1, -0.05) is 35.0 Å². The van der Waals surface area contributed by atoms with Gasteiger partial charge in [0.05, 0.1) is 13.7 Å². The summed E-state index contributed by atoms with van der Waals surface area (Å²) in [7, 11) is 1.55. The van der Waals surface area contributed by atoms with Crippen LogP contribution in [0.5, 0.6) is 5.75 Å². The molecule has 1 aromatic heterocycles. The third-order valence-corrected chi connectivity index (χ3v) is 3.52. The van der Waals surface area contributed by atoms with Gasteiger partial charge in [0.15, 0.2) is 0 Å². The van der Waals surface area contributed by atoms with Crippen molar-refractivity contribution in [2.75, 3.05) is 7.11 Å². The molecule has 0 spiro atoms. The van der Waals surface area contributed by atoms with Crippen molar-refractivity contribution >= 4 is 17.5 Å². The van der Waals surface area contributed by atoms with E-state index in [0.29, 0.717) is 28.1 Å². The van der Waals surface area contributed by atoms with E-state index in [1.54, 1.807) is 49.6 Å². The fourth-order valence-electron chi connectivity index (χ4n) is 2.09. The van der Waals surface area contributed by atoms with Crippen molar-refractivity contribution in [1.82, 2.24) is 15.5 Å². The van der Waals surface area contributed by atoms with Gasteiger partial charge in [0.25, 0.3) is 5.91 Å². The second-order valence-corrected chi connectivity index (χ2v) is 5.37. The average Bonchev–Trinajstić information content (AvgIpc) is 3.09. The molecular weight excluding hydrogens is 330 g/mol. The molecule has 3 rings (SSSR count). The molecule has 7 heteroatoms. The predicted molar refractivity (Wildman–Crippen MR) is 88.9 cm³/mol. The van der Waals surface area contributed by atoms with Gasteiger partial charge in [-0.15, -0.1) is 0 Å². The lowest BCUT2D eigenvalue weighted by molar-refractivity contribution is 0.0946. The summed E-state index contributed by atoms with van der Waals surface area (Å²) < 4.78 is 10.2. The molecule has 0 radical (unpaired) electrons. The standard InChI is InChI=1S/C17H14ClN3O3/c1-23-14-7-3-5-12(9-14)17(22)19-10-15-20-16(21-24-15)11-4-2-6-13(18)8-11/h2-9H,10H2,1H3,(H,19,22). The van der Waals surface area contributed by atoms with E-state index >= 15 is 0 Å². The molecule has 1 amide bonds. The Kier molecular flexibility index (Phi) is 4.77. The zero-order valence-corrected chi connectivity index (χ0v) is 13.6. The normalized spacial score (nSPS) is 10.4. The van der Waals surface area contributed by atoms with Gasteiger partial charge in [-0.05, 0) is 30.3 Å². The van der Waals surface area contributed by atoms with Gasteiger partial charge in [0.2, 0.25) is 11.7 Å². The van der Waals surface area contributed by atoms with E-state index < -0.39 is 0 Å². The van der Waals surface area contributed by atoms with Crippen LogP contribution >= 0.6 is 11.6 Å². The van der Waals surface area contributed by atoms with Crippen molar-refractivity contribution in [2.45, 2.75) is 6.54 Å². The topological polar surface area (TPSA) is 77.2 Å². The summed E-state index contributed by atoms with van der Waals surface area (Å²) in [6.07, 6.45) is 0. The average molecular weight is 344 g/mol. The zero-order valence-electron chi connectivity index (χ0n) is 12.8. The number of halogens is 1. The maximum atomic E-state index is 12.1. The Morgan fingerprint density at radius 3 is 2.88 bits per heavy atom. The van der Waals surface area contributed by atoms with Crippen LogP contribution in [0, 0.1) is 0 Å². The van der Waals surface area contributed by atoms with Gasteiger partial charge in [-0.3, -0.25) is 4.79 Å². The number of aromatic nitrogens is 2. The molecule has 3 aromatic rings. The Morgan fingerprint density at radius 2 is 2.08 bits per heavy atom. The first-order valence-electron chi connectivity index (χ1n) is 7.16. The fraction of sp³-hybridized carbons (Fsp3) is 0.118. The Labute approximate surface area is 143 Å². The smallest absolute Gasteiger partial charge is 0.251 e. The molecule has 6 nitrogen and oxygen atoms in total. The monoisotopic (exact) mass is 343 g/mol. The second-order valence-electron chi connectivity index (χ2n) is 4.94. The first-order chi connectivity index (χ1) is 11.7. The third kappa shape index (κ3) is 3.72. The summed E-state index contributed by atoms with van der Waals surface area (Å²) in [6, 6.07) is 14.0. The van der Waals surface area contributed by atoms with E-state index in [4.69, 9.17) is 20.9 Å². The number of benzene rings is 2. The fourth-order valence-corrected chi connectivity index (χ4v) is 2.28. The molecule has 1 heterocycles. The van der Waals surface area contributed by atoms with Crippen LogP contribution in [0.4, 0.5) is 0 Å². The van der Waals surface area contributed by atoms with Crippen LogP contribution in [0.15, 0.2) is 53.1 Å². The molecule has 0 unspecified atom stereocenters. The zero-order chi connectivity index (χ0) is 16.9. The Hall–Kier alpha value is -2.86. The molecule has 0 aliphatic carbocycles. The lowest BCUT2D eigenvalue weighted by Gasteiger charge is -2.04. The molecule has 0 saturated carbocycles. The van der Waals surface area contributed by atoms with Crippen LogP contribution in [0.3, 0.4) is 0 Å². The maximum absolute atomic E-state index is 12.1. The molecule has 0 saturated heterocycles. The number of rotatable bonds is 5. The number of methoxy groups -OCH3 is 1. The molecule has 0 atom stereocenters. The molecule has 1 N–H and O–H groups in total. The number of carbonyl (C=O) groups is 1. The maximum Gasteiger partial charge on any atom is 0.251 e. The lowest BCUT2D eigenvalue weighted by Crippen LogP contribution is -2.22. The number of carbonyl (C=O) groups excluding carboxylic acids is 1. The third-order valence-electron chi connectivity index (χ3n) is 3.28. The Balaban J connectivity index is 1.66. The second kappa shape index (κ2) is 7.14. The molecular formula is C17H14ClN3O3. The molecule has 0 aliphatic heterocycles. The minimum absolute atomic E-state index is 0.129. The van der Waals surface area contributed by atoms with E-state index in [-0.39, 0.29) is 12.5 Å². The molecule has 122 valence electrons. The van der Waals surface area contributed by atoms with E-state index in [9.17, 15) is 4.79 Å². The summed E-state index contributed by atoms with van der Waals surface area (Å²) in [5.41, 5.74) is 1.24. The number of amides is 1. The van der Waals surface area contributed by atoms with Crippen LogP contribution in [0.1, 0.15) is 16.2 Å². The number of ether oxygens (including phenoxy) is 1. The highest BCUT2D eigenvalue weighted by Gasteiger charge is 2.11. The van der Waals surface area contributed by atoms with Gasteiger partial charge >= 0.3 is 0 Å². The number of hydrogen-bond acceptors (Lipinski definition) is 5. The Bertz CT molecular complexity index is 864. The van der Waals surface area contributed by atoms with Gasteiger partial charge in [-0.25, -0.2) is 0 Å². The molecule has 0 bridgehead atoms. The highest BCUT2D eigenvalue weighted by Crippen LogP contribution is 2.20. The van der Waals surface area contributed by atoms with Gasteiger partial charge in [0, 0.05) is 16.1 Å². The molecule has 0 aliphatic rings. The lowest BCUT2D eigenvalue weighted by atomic mass is 10.2. The van der Waals surface area contributed by atoms with E-state index in [1.807, 2.05) is 6.07 Å². The van der Waals surface area contributed by atoms with Gasteiger partial charge in [-0.2, -0.15) is 4.98 Å². The number of hydrogen-bond donors (Lipinski definition) is 1. The van der Waals surface area contributed by atoms with Crippen molar-refractivity contribution in [3.8, 4) is 17.1 Å². The molecule has 24 heavy (non-hydrogen) atoms.